The highest BCUT2D eigenvalue weighted by Crippen LogP contribution is 2.20. The lowest BCUT2D eigenvalue weighted by molar-refractivity contribution is 0.0989. The van der Waals surface area contributed by atoms with E-state index in [1.54, 1.807) is 0 Å². The summed E-state index contributed by atoms with van der Waals surface area (Å²) in [6, 6.07) is 13.3. The van der Waals surface area contributed by atoms with Crippen molar-refractivity contribution in [3.63, 3.8) is 0 Å². The molecule has 0 aliphatic carbocycles. The third kappa shape index (κ3) is 1.64. The van der Waals surface area contributed by atoms with Crippen LogP contribution in [0.4, 0.5) is 0 Å². The van der Waals surface area contributed by atoms with Crippen LogP contribution >= 0.6 is 0 Å². The fourth-order valence-corrected chi connectivity index (χ4v) is 2.06. The number of carbonyl (C=O) groups excluding carboxylic acids is 1. The van der Waals surface area contributed by atoms with Crippen molar-refractivity contribution in [2.24, 2.45) is 0 Å². The average molecular weight is 236 g/mol. The number of fused-ring (bicyclic) bond motifs is 2. The Morgan fingerprint density at radius 2 is 1.61 bits per heavy atom. The number of hydrogen-bond donors (Lipinski definition) is 0. The molecule has 0 radical (unpaired) electrons. The second-order valence-corrected chi connectivity index (χ2v) is 4.16. The van der Waals surface area contributed by atoms with Gasteiger partial charge in [-0.3, -0.25) is 4.79 Å². The molecule has 1 aromatic heterocycles. The largest absolute Gasteiger partial charge is 0.294 e. The SMILES string of the molecule is CCC(=O)c1cccc2nc3ccccc3nc12. The van der Waals surface area contributed by atoms with Gasteiger partial charge in [0.15, 0.2) is 5.78 Å². The molecule has 0 bridgehead atoms. The van der Waals surface area contributed by atoms with Gasteiger partial charge in [0.2, 0.25) is 0 Å². The van der Waals surface area contributed by atoms with E-state index in [4.69, 9.17) is 0 Å². The number of para-hydroxylation sites is 3. The summed E-state index contributed by atoms with van der Waals surface area (Å²) in [7, 11) is 0. The molecule has 18 heavy (non-hydrogen) atoms. The number of carbonyl (C=O) groups is 1. The van der Waals surface area contributed by atoms with Crippen LogP contribution in [0, 0.1) is 0 Å². The van der Waals surface area contributed by atoms with Gasteiger partial charge < -0.3 is 0 Å². The van der Waals surface area contributed by atoms with E-state index < -0.39 is 0 Å². The normalized spacial score (nSPS) is 10.9. The maximum absolute atomic E-state index is 11.9. The van der Waals surface area contributed by atoms with Gasteiger partial charge >= 0.3 is 0 Å². The van der Waals surface area contributed by atoms with Crippen LogP contribution in [0.2, 0.25) is 0 Å². The van der Waals surface area contributed by atoms with Crippen molar-refractivity contribution >= 4 is 27.9 Å². The Hall–Kier alpha value is -2.29. The van der Waals surface area contributed by atoms with Crippen LogP contribution < -0.4 is 0 Å². The van der Waals surface area contributed by atoms with Gasteiger partial charge in [0.1, 0.15) is 5.52 Å². The first-order valence-electron chi connectivity index (χ1n) is 5.98. The number of Topliss-reactive ketones (excluding diaryl/α,β-unsaturated/α-hetero) is 1. The van der Waals surface area contributed by atoms with Crippen molar-refractivity contribution in [2.45, 2.75) is 13.3 Å². The zero-order valence-electron chi connectivity index (χ0n) is 10.1. The number of benzene rings is 2. The predicted molar refractivity (Wildman–Crippen MR) is 71.7 cm³/mol. The molecule has 3 heteroatoms. The topological polar surface area (TPSA) is 42.9 Å². The molecule has 3 aromatic rings. The summed E-state index contributed by atoms with van der Waals surface area (Å²) < 4.78 is 0. The van der Waals surface area contributed by atoms with Crippen molar-refractivity contribution in [3.05, 3.63) is 48.0 Å². The van der Waals surface area contributed by atoms with Crippen LogP contribution in [0.25, 0.3) is 22.1 Å². The number of hydrogen-bond acceptors (Lipinski definition) is 3. The van der Waals surface area contributed by atoms with Crippen molar-refractivity contribution in [3.8, 4) is 0 Å². The average Bonchev–Trinajstić information content (AvgIpc) is 2.43. The van der Waals surface area contributed by atoms with E-state index in [0.29, 0.717) is 17.5 Å². The molecule has 1 heterocycles. The van der Waals surface area contributed by atoms with Gasteiger partial charge in [-0.1, -0.05) is 25.1 Å². The van der Waals surface area contributed by atoms with E-state index in [0.717, 1.165) is 16.6 Å². The maximum Gasteiger partial charge on any atom is 0.164 e. The Morgan fingerprint density at radius 3 is 2.33 bits per heavy atom. The van der Waals surface area contributed by atoms with Gasteiger partial charge in [0, 0.05) is 12.0 Å². The Kier molecular flexibility index (Phi) is 2.52. The first-order valence-corrected chi connectivity index (χ1v) is 5.98. The molecule has 0 saturated carbocycles. The molecule has 0 fully saturated rings. The molecule has 0 saturated heterocycles. The van der Waals surface area contributed by atoms with Gasteiger partial charge in [-0.15, -0.1) is 0 Å². The highest BCUT2D eigenvalue weighted by atomic mass is 16.1. The Morgan fingerprint density at radius 1 is 0.944 bits per heavy atom. The first-order chi connectivity index (χ1) is 8.79. The smallest absolute Gasteiger partial charge is 0.164 e. The number of nitrogens with zero attached hydrogens (tertiary/aromatic N) is 2. The van der Waals surface area contributed by atoms with E-state index in [-0.39, 0.29) is 5.78 Å². The fraction of sp³-hybridized carbons (Fsp3) is 0.133. The lowest BCUT2D eigenvalue weighted by Crippen LogP contribution is -2.00. The van der Waals surface area contributed by atoms with Crippen molar-refractivity contribution in [1.82, 2.24) is 9.97 Å². The Labute approximate surface area is 104 Å². The zero-order chi connectivity index (χ0) is 12.5. The zero-order valence-corrected chi connectivity index (χ0v) is 10.1. The van der Waals surface area contributed by atoms with E-state index in [1.807, 2.05) is 49.4 Å². The Bertz CT molecular complexity index is 750. The molecule has 0 N–H and O–H groups in total. The summed E-state index contributed by atoms with van der Waals surface area (Å²) >= 11 is 0. The second-order valence-electron chi connectivity index (χ2n) is 4.16. The lowest BCUT2D eigenvalue weighted by atomic mass is 10.1. The molecule has 0 amide bonds. The van der Waals surface area contributed by atoms with E-state index in [9.17, 15) is 4.79 Å². The summed E-state index contributed by atoms with van der Waals surface area (Å²) in [6.45, 7) is 1.86. The fourth-order valence-electron chi connectivity index (χ4n) is 2.06. The van der Waals surface area contributed by atoms with Crippen LogP contribution in [0.15, 0.2) is 42.5 Å². The third-order valence-corrected chi connectivity index (χ3v) is 2.99. The summed E-state index contributed by atoms with van der Waals surface area (Å²) in [6.07, 6.45) is 0.480. The molecule has 2 aromatic carbocycles. The molecule has 0 aliphatic heterocycles. The number of rotatable bonds is 2. The second kappa shape index (κ2) is 4.18. The molecule has 88 valence electrons. The monoisotopic (exact) mass is 236 g/mol. The molecule has 0 spiro atoms. The number of ketones is 1. The highest BCUT2D eigenvalue weighted by molar-refractivity contribution is 6.06. The van der Waals surface area contributed by atoms with Crippen LogP contribution in [-0.2, 0) is 0 Å². The standard InChI is InChI=1S/C15H12N2O/c1-2-14(18)10-6-5-9-13-15(10)17-12-8-4-3-7-11(12)16-13/h3-9H,2H2,1H3. The van der Waals surface area contributed by atoms with E-state index in [1.165, 1.54) is 0 Å². The summed E-state index contributed by atoms with van der Waals surface area (Å²) in [4.78, 5) is 21.0. The maximum atomic E-state index is 11.9. The molecule has 3 nitrogen and oxygen atoms in total. The first kappa shape index (κ1) is 10.8. The Balaban J connectivity index is 2.39. The van der Waals surface area contributed by atoms with E-state index in [2.05, 4.69) is 9.97 Å². The van der Waals surface area contributed by atoms with Crippen molar-refractivity contribution in [2.75, 3.05) is 0 Å². The highest BCUT2D eigenvalue weighted by Gasteiger charge is 2.10. The number of aromatic nitrogens is 2. The van der Waals surface area contributed by atoms with Gasteiger partial charge in [-0.05, 0) is 24.3 Å². The van der Waals surface area contributed by atoms with Crippen molar-refractivity contribution < 1.29 is 4.79 Å². The minimum Gasteiger partial charge on any atom is -0.294 e. The van der Waals surface area contributed by atoms with E-state index >= 15 is 0 Å². The summed E-state index contributed by atoms with van der Waals surface area (Å²) in [5.74, 6) is 0.102. The quantitative estimate of drug-likeness (QED) is 0.506. The van der Waals surface area contributed by atoms with Gasteiger partial charge in [-0.2, -0.15) is 0 Å². The molecular formula is C15H12N2O. The molecule has 3 rings (SSSR count). The molecular weight excluding hydrogens is 224 g/mol. The van der Waals surface area contributed by atoms with Crippen molar-refractivity contribution in [1.29, 1.82) is 0 Å². The van der Waals surface area contributed by atoms with Gasteiger partial charge in [0.25, 0.3) is 0 Å². The lowest BCUT2D eigenvalue weighted by Gasteiger charge is -2.04. The minimum absolute atomic E-state index is 0.102. The van der Waals surface area contributed by atoms with Gasteiger partial charge in [0.05, 0.1) is 16.6 Å². The summed E-state index contributed by atoms with van der Waals surface area (Å²) in [5.41, 5.74) is 3.80. The molecule has 0 unspecified atom stereocenters. The predicted octanol–water partition coefficient (Wildman–Crippen LogP) is 3.38. The molecule has 0 aliphatic rings. The van der Waals surface area contributed by atoms with Gasteiger partial charge in [-0.25, -0.2) is 9.97 Å². The molecule has 0 atom stereocenters. The summed E-state index contributed by atoms with van der Waals surface area (Å²) in [5, 5.41) is 0. The van der Waals surface area contributed by atoms with Crippen LogP contribution in [0.3, 0.4) is 0 Å². The van der Waals surface area contributed by atoms with Crippen LogP contribution in [0.1, 0.15) is 23.7 Å². The minimum atomic E-state index is 0.102. The third-order valence-electron chi connectivity index (χ3n) is 2.99. The van der Waals surface area contributed by atoms with Crippen LogP contribution in [0.5, 0.6) is 0 Å². The van der Waals surface area contributed by atoms with Crippen LogP contribution in [-0.4, -0.2) is 15.8 Å².